The maximum atomic E-state index is 12.8. The number of nitrogens with one attached hydrogen (secondary N) is 1. The highest BCUT2D eigenvalue weighted by molar-refractivity contribution is 5.85. The Kier molecular flexibility index (Phi) is 8.25. The number of halogens is 3. The van der Waals surface area contributed by atoms with Gasteiger partial charge >= 0.3 is 0 Å². The van der Waals surface area contributed by atoms with Gasteiger partial charge in [0.05, 0.1) is 6.54 Å². The Labute approximate surface area is 146 Å². The lowest BCUT2D eigenvalue weighted by Gasteiger charge is -2.25. The summed E-state index contributed by atoms with van der Waals surface area (Å²) < 4.78 is 23.5. The van der Waals surface area contributed by atoms with Crippen LogP contribution in [0.25, 0.3) is 0 Å². The smallest absolute Gasteiger partial charge is 0.240 e. The minimum Gasteiger partial charge on any atom is -0.485 e. The van der Waals surface area contributed by atoms with Gasteiger partial charge in [-0.25, -0.2) is 4.39 Å². The molecule has 0 saturated carbocycles. The third kappa shape index (κ3) is 5.95. The van der Waals surface area contributed by atoms with E-state index in [1.165, 1.54) is 12.1 Å². The summed E-state index contributed by atoms with van der Waals surface area (Å²) in [5, 5.41) is 7.18. The van der Waals surface area contributed by atoms with Crippen LogP contribution in [0.5, 0.6) is 5.75 Å². The van der Waals surface area contributed by atoms with Gasteiger partial charge in [0.1, 0.15) is 11.6 Å². The summed E-state index contributed by atoms with van der Waals surface area (Å²) in [6, 6.07) is 5.83. The van der Waals surface area contributed by atoms with Crippen molar-refractivity contribution in [3.8, 4) is 5.75 Å². The van der Waals surface area contributed by atoms with E-state index in [1.807, 2.05) is 0 Å². The second-order valence-corrected chi connectivity index (χ2v) is 4.87. The van der Waals surface area contributed by atoms with Crippen molar-refractivity contribution in [3.63, 3.8) is 0 Å². The van der Waals surface area contributed by atoms with Crippen LogP contribution in [-0.4, -0.2) is 41.2 Å². The number of ether oxygens (including phenoxy) is 1. The zero-order valence-corrected chi connectivity index (χ0v) is 14.0. The first-order chi connectivity index (χ1) is 10.3. The first-order valence-electron chi connectivity index (χ1n) is 6.92. The molecule has 1 N–H and O–H groups in total. The highest BCUT2D eigenvalue weighted by Crippen LogP contribution is 2.13. The van der Waals surface area contributed by atoms with Crippen molar-refractivity contribution < 1.29 is 13.7 Å². The van der Waals surface area contributed by atoms with Gasteiger partial charge in [-0.3, -0.25) is 4.90 Å². The fraction of sp³-hybridized carbons (Fsp3) is 0.429. The van der Waals surface area contributed by atoms with E-state index in [2.05, 4.69) is 20.4 Å². The minimum atomic E-state index is -0.291. The largest absolute Gasteiger partial charge is 0.485 e. The second kappa shape index (κ2) is 9.67. The molecule has 2 aromatic rings. The highest BCUT2D eigenvalue weighted by Gasteiger charge is 2.14. The van der Waals surface area contributed by atoms with E-state index >= 15 is 0 Å². The fourth-order valence-corrected chi connectivity index (χ4v) is 2.15. The standard InChI is InChI=1S/C14H17FN4O2.2ClH/c15-11-1-3-12(4-2-11)20-10-13-17-14(21-18-13)9-19-7-5-16-6-8-19;;/h1-4,16H,5-10H2;2*1H. The zero-order chi connectivity index (χ0) is 14.5. The summed E-state index contributed by atoms with van der Waals surface area (Å²) >= 11 is 0. The van der Waals surface area contributed by atoms with Crippen LogP contribution >= 0.6 is 24.8 Å². The molecule has 6 nitrogen and oxygen atoms in total. The summed E-state index contributed by atoms with van der Waals surface area (Å²) in [6.45, 7) is 4.78. The first kappa shape index (κ1) is 19.6. The molecule has 0 spiro atoms. The van der Waals surface area contributed by atoms with E-state index in [4.69, 9.17) is 9.26 Å². The van der Waals surface area contributed by atoms with Crippen LogP contribution in [0.3, 0.4) is 0 Å². The van der Waals surface area contributed by atoms with Gasteiger partial charge < -0.3 is 14.6 Å². The molecule has 1 aromatic heterocycles. The summed E-state index contributed by atoms with van der Waals surface area (Å²) in [6.07, 6.45) is 0. The Morgan fingerprint density at radius 1 is 1.17 bits per heavy atom. The summed E-state index contributed by atoms with van der Waals surface area (Å²) in [5.74, 6) is 1.36. The van der Waals surface area contributed by atoms with Crippen LogP contribution in [0, 0.1) is 5.82 Å². The van der Waals surface area contributed by atoms with Crippen molar-refractivity contribution in [2.24, 2.45) is 0 Å². The molecule has 2 heterocycles. The fourth-order valence-electron chi connectivity index (χ4n) is 2.15. The SMILES string of the molecule is Cl.Cl.Fc1ccc(OCc2noc(CN3CCNCC3)n2)cc1. The molecule has 0 aliphatic carbocycles. The average Bonchev–Trinajstić information content (AvgIpc) is 2.95. The Balaban J connectivity index is 0.00000132. The monoisotopic (exact) mass is 364 g/mol. The molecule has 9 heteroatoms. The number of nitrogens with zero attached hydrogens (tertiary/aromatic N) is 3. The molecule has 3 rings (SSSR count). The molecule has 128 valence electrons. The molecular formula is C14H19Cl2FN4O2. The Morgan fingerprint density at radius 3 is 2.57 bits per heavy atom. The third-order valence-corrected chi connectivity index (χ3v) is 3.26. The summed E-state index contributed by atoms with van der Waals surface area (Å²) in [7, 11) is 0. The number of hydrogen-bond acceptors (Lipinski definition) is 6. The Bertz CT molecular complexity index is 576. The van der Waals surface area contributed by atoms with E-state index in [-0.39, 0.29) is 37.2 Å². The minimum absolute atomic E-state index is 0. The summed E-state index contributed by atoms with van der Waals surface area (Å²) in [5.41, 5.74) is 0. The van der Waals surface area contributed by atoms with E-state index in [9.17, 15) is 4.39 Å². The van der Waals surface area contributed by atoms with Crippen LogP contribution < -0.4 is 10.1 Å². The van der Waals surface area contributed by atoms with Gasteiger partial charge in [0.25, 0.3) is 0 Å². The molecule has 0 unspecified atom stereocenters. The van der Waals surface area contributed by atoms with Crippen LogP contribution in [0.15, 0.2) is 28.8 Å². The van der Waals surface area contributed by atoms with Crippen molar-refractivity contribution in [1.82, 2.24) is 20.4 Å². The van der Waals surface area contributed by atoms with Crippen LogP contribution in [0.4, 0.5) is 4.39 Å². The molecule has 0 radical (unpaired) electrons. The number of hydrogen-bond donors (Lipinski definition) is 1. The molecule has 1 aliphatic heterocycles. The maximum Gasteiger partial charge on any atom is 0.240 e. The number of rotatable bonds is 5. The maximum absolute atomic E-state index is 12.8. The zero-order valence-electron chi connectivity index (χ0n) is 12.4. The first-order valence-corrected chi connectivity index (χ1v) is 6.92. The number of piperazine rings is 1. The average molecular weight is 365 g/mol. The van der Waals surface area contributed by atoms with Gasteiger partial charge in [0.15, 0.2) is 6.61 Å². The van der Waals surface area contributed by atoms with Crippen molar-refractivity contribution in [2.45, 2.75) is 13.2 Å². The highest BCUT2D eigenvalue weighted by atomic mass is 35.5. The van der Waals surface area contributed by atoms with Gasteiger partial charge in [-0.05, 0) is 24.3 Å². The lowest BCUT2D eigenvalue weighted by molar-refractivity contribution is 0.203. The van der Waals surface area contributed by atoms with E-state index in [0.29, 0.717) is 24.0 Å². The van der Waals surface area contributed by atoms with Crippen LogP contribution in [0.2, 0.25) is 0 Å². The topological polar surface area (TPSA) is 63.4 Å². The second-order valence-electron chi connectivity index (χ2n) is 4.87. The van der Waals surface area contributed by atoms with Crippen molar-refractivity contribution >= 4 is 24.8 Å². The van der Waals surface area contributed by atoms with E-state index < -0.39 is 0 Å². The Morgan fingerprint density at radius 2 is 1.87 bits per heavy atom. The van der Waals surface area contributed by atoms with Gasteiger partial charge in [0.2, 0.25) is 11.7 Å². The van der Waals surface area contributed by atoms with Crippen molar-refractivity contribution in [3.05, 3.63) is 41.8 Å². The molecule has 1 aromatic carbocycles. The lowest BCUT2D eigenvalue weighted by Crippen LogP contribution is -2.42. The van der Waals surface area contributed by atoms with Crippen LogP contribution in [0.1, 0.15) is 11.7 Å². The van der Waals surface area contributed by atoms with E-state index in [1.54, 1.807) is 12.1 Å². The summed E-state index contributed by atoms with van der Waals surface area (Å²) in [4.78, 5) is 6.56. The molecule has 1 fully saturated rings. The van der Waals surface area contributed by atoms with Gasteiger partial charge in [-0.1, -0.05) is 5.16 Å². The molecule has 1 saturated heterocycles. The predicted octanol–water partition coefficient (Wildman–Crippen LogP) is 2.04. The van der Waals surface area contributed by atoms with Crippen molar-refractivity contribution in [2.75, 3.05) is 26.2 Å². The predicted molar refractivity (Wildman–Crippen MR) is 87.7 cm³/mol. The van der Waals surface area contributed by atoms with Gasteiger partial charge in [0, 0.05) is 26.2 Å². The molecule has 0 atom stereocenters. The lowest BCUT2D eigenvalue weighted by atomic mass is 10.3. The van der Waals surface area contributed by atoms with Gasteiger partial charge in [-0.2, -0.15) is 4.98 Å². The van der Waals surface area contributed by atoms with Gasteiger partial charge in [-0.15, -0.1) is 24.8 Å². The number of aromatic nitrogens is 2. The quantitative estimate of drug-likeness (QED) is 0.875. The molecule has 1 aliphatic rings. The molecule has 23 heavy (non-hydrogen) atoms. The molecule has 0 amide bonds. The number of benzene rings is 1. The third-order valence-electron chi connectivity index (χ3n) is 3.26. The Hall–Kier alpha value is -1.41. The molecule has 0 bridgehead atoms. The normalized spacial score (nSPS) is 14.7. The van der Waals surface area contributed by atoms with Crippen LogP contribution in [-0.2, 0) is 13.2 Å². The van der Waals surface area contributed by atoms with E-state index in [0.717, 1.165) is 26.2 Å². The molecular weight excluding hydrogens is 346 g/mol. The van der Waals surface area contributed by atoms with Crippen molar-refractivity contribution in [1.29, 1.82) is 0 Å².